The molecule has 0 radical (unpaired) electrons. The molecule has 0 spiro atoms. The van der Waals surface area contributed by atoms with Crippen LogP contribution in [0.3, 0.4) is 0 Å². The van der Waals surface area contributed by atoms with Crippen LogP contribution in [0.4, 0.5) is 0 Å². The molecule has 1 nitrogen and oxygen atoms in total. The first-order valence-electron chi connectivity index (χ1n) is 7.10. The lowest BCUT2D eigenvalue weighted by Crippen LogP contribution is -2.21. The van der Waals surface area contributed by atoms with Gasteiger partial charge in [0.15, 0.2) is 0 Å². The first-order chi connectivity index (χ1) is 8.65. The van der Waals surface area contributed by atoms with Gasteiger partial charge in [-0.1, -0.05) is 52.7 Å². The van der Waals surface area contributed by atoms with Crippen molar-refractivity contribution in [2.75, 3.05) is 5.75 Å². The Morgan fingerprint density at radius 2 is 1.67 bits per heavy atom. The molecular formula is C16H27NS. The summed E-state index contributed by atoms with van der Waals surface area (Å²) >= 11 is 1.99. The minimum absolute atomic E-state index is 0.550. The maximum absolute atomic E-state index is 3.44. The fraction of sp³-hybridized carbons (Fsp3) is 0.625. The molecule has 0 fully saturated rings. The lowest BCUT2D eigenvalue weighted by atomic mass is 10.1. The summed E-state index contributed by atoms with van der Waals surface area (Å²) in [6.07, 6.45) is 2.58. The van der Waals surface area contributed by atoms with E-state index in [4.69, 9.17) is 0 Å². The third-order valence-corrected chi connectivity index (χ3v) is 4.52. The smallest absolute Gasteiger partial charge is 0.0207 e. The number of hydrogen-bond acceptors (Lipinski definition) is 2. The van der Waals surface area contributed by atoms with Crippen molar-refractivity contribution in [3.63, 3.8) is 0 Å². The SMILES string of the molecule is CCC(CC)CSc1ccc(CNC(C)C)cc1. The van der Waals surface area contributed by atoms with Gasteiger partial charge in [-0.15, -0.1) is 11.8 Å². The number of rotatable bonds is 8. The zero-order valence-corrected chi connectivity index (χ0v) is 13.0. The van der Waals surface area contributed by atoms with E-state index in [9.17, 15) is 0 Å². The van der Waals surface area contributed by atoms with Crippen LogP contribution in [0.2, 0.25) is 0 Å². The summed E-state index contributed by atoms with van der Waals surface area (Å²) in [6.45, 7) is 9.90. The Balaban J connectivity index is 2.40. The van der Waals surface area contributed by atoms with E-state index >= 15 is 0 Å². The van der Waals surface area contributed by atoms with Crippen molar-refractivity contribution in [2.45, 2.75) is 58.0 Å². The van der Waals surface area contributed by atoms with Crippen LogP contribution in [0.5, 0.6) is 0 Å². The minimum atomic E-state index is 0.550. The minimum Gasteiger partial charge on any atom is -0.310 e. The van der Waals surface area contributed by atoms with Gasteiger partial charge in [-0.3, -0.25) is 0 Å². The van der Waals surface area contributed by atoms with Crippen molar-refractivity contribution in [1.82, 2.24) is 5.32 Å². The maximum Gasteiger partial charge on any atom is 0.0207 e. The average molecular weight is 265 g/mol. The van der Waals surface area contributed by atoms with Gasteiger partial charge in [-0.2, -0.15) is 0 Å². The predicted molar refractivity (Wildman–Crippen MR) is 83.2 cm³/mol. The van der Waals surface area contributed by atoms with Crippen LogP contribution in [0, 0.1) is 5.92 Å². The molecule has 0 aliphatic rings. The molecule has 1 N–H and O–H groups in total. The summed E-state index contributed by atoms with van der Waals surface area (Å²) in [5, 5.41) is 3.44. The van der Waals surface area contributed by atoms with Gasteiger partial charge < -0.3 is 5.32 Å². The number of hydrogen-bond donors (Lipinski definition) is 1. The molecule has 0 atom stereocenters. The average Bonchev–Trinajstić information content (AvgIpc) is 2.39. The molecule has 0 aromatic heterocycles. The highest BCUT2D eigenvalue weighted by molar-refractivity contribution is 7.99. The molecule has 0 saturated heterocycles. The van der Waals surface area contributed by atoms with Crippen molar-refractivity contribution in [1.29, 1.82) is 0 Å². The van der Waals surface area contributed by atoms with E-state index in [0.717, 1.165) is 12.5 Å². The number of thioether (sulfide) groups is 1. The van der Waals surface area contributed by atoms with E-state index in [1.165, 1.54) is 29.1 Å². The van der Waals surface area contributed by atoms with E-state index in [-0.39, 0.29) is 0 Å². The van der Waals surface area contributed by atoms with Gasteiger partial charge in [0.2, 0.25) is 0 Å². The van der Waals surface area contributed by atoms with Crippen molar-refractivity contribution in [2.24, 2.45) is 5.92 Å². The lowest BCUT2D eigenvalue weighted by molar-refractivity contribution is 0.554. The van der Waals surface area contributed by atoms with Crippen molar-refractivity contribution in [3.8, 4) is 0 Å². The highest BCUT2D eigenvalue weighted by atomic mass is 32.2. The lowest BCUT2D eigenvalue weighted by Gasteiger charge is -2.12. The Hall–Kier alpha value is -0.470. The van der Waals surface area contributed by atoms with Crippen molar-refractivity contribution >= 4 is 11.8 Å². The van der Waals surface area contributed by atoms with E-state index in [2.05, 4.69) is 57.3 Å². The molecule has 0 heterocycles. The van der Waals surface area contributed by atoms with Crippen molar-refractivity contribution in [3.05, 3.63) is 29.8 Å². The molecule has 1 aromatic rings. The van der Waals surface area contributed by atoms with Crippen molar-refractivity contribution < 1.29 is 0 Å². The second-order valence-corrected chi connectivity index (χ2v) is 6.27. The molecule has 18 heavy (non-hydrogen) atoms. The molecule has 0 saturated carbocycles. The Morgan fingerprint density at radius 3 is 2.17 bits per heavy atom. The largest absolute Gasteiger partial charge is 0.310 e. The summed E-state index contributed by atoms with van der Waals surface area (Å²) in [4.78, 5) is 1.40. The molecule has 0 aliphatic heterocycles. The fourth-order valence-electron chi connectivity index (χ4n) is 1.76. The van der Waals surface area contributed by atoms with Gasteiger partial charge in [-0.05, 0) is 23.6 Å². The molecular weight excluding hydrogens is 238 g/mol. The second kappa shape index (κ2) is 8.60. The van der Waals surface area contributed by atoms with Crippen LogP contribution in [0.25, 0.3) is 0 Å². The number of benzene rings is 1. The van der Waals surface area contributed by atoms with Gasteiger partial charge in [0.25, 0.3) is 0 Å². The monoisotopic (exact) mass is 265 g/mol. The molecule has 1 rings (SSSR count). The van der Waals surface area contributed by atoms with E-state index in [1.54, 1.807) is 0 Å². The zero-order chi connectivity index (χ0) is 13.4. The van der Waals surface area contributed by atoms with Crippen LogP contribution >= 0.6 is 11.8 Å². The summed E-state index contributed by atoms with van der Waals surface area (Å²) in [7, 11) is 0. The third kappa shape index (κ3) is 5.92. The summed E-state index contributed by atoms with van der Waals surface area (Å²) < 4.78 is 0. The number of nitrogens with one attached hydrogen (secondary N) is 1. The molecule has 102 valence electrons. The Kier molecular flexibility index (Phi) is 7.45. The van der Waals surface area contributed by atoms with Crippen LogP contribution in [0.15, 0.2) is 29.2 Å². The van der Waals surface area contributed by atoms with E-state index in [0.29, 0.717) is 6.04 Å². The summed E-state index contributed by atoms with van der Waals surface area (Å²) in [5.74, 6) is 2.11. The normalized spacial score (nSPS) is 11.4. The topological polar surface area (TPSA) is 12.0 Å². The zero-order valence-electron chi connectivity index (χ0n) is 12.2. The van der Waals surface area contributed by atoms with Gasteiger partial charge in [-0.25, -0.2) is 0 Å². The van der Waals surface area contributed by atoms with Crippen LogP contribution in [-0.4, -0.2) is 11.8 Å². The summed E-state index contributed by atoms with van der Waals surface area (Å²) in [6, 6.07) is 9.54. The maximum atomic E-state index is 3.44. The molecule has 0 aliphatic carbocycles. The fourth-order valence-corrected chi connectivity index (χ4v) is 2.99. The second-order valence-electron chi connectivity index (χ2n) is 5.17. The van der Waals surface area contributed by atoms with Gasteiger partial charge in [0, 0.05) is 23.2 Å². The highest BCUT2D eigenvalue weighted by Gasteiger charge is 2.04. The first-order valence-corrected chi connectivity index (χ1v) is 8.09. The predicted octanol–water partition coefficient (Wildman–Crippen LogP) is 4.71. The van der Waals surface area contributed by atoms with Crippen LogP contribution in [-0.2, 0) is 6.54 Å². The molecule has 1 aromatic carbocycles. The third-order valence-electron chi connectivity index (χ3n) is 3.28. The molecule has 0 bridgehead atoms. The van der Waals surface area contributed by atoms with Gasteiger partial charge in [0.1, 0.15) is 0 Å². The standard InChI is InChI=1S/C16H27NS/c1-5-14(6-2)12-18-16-9-7-15(8-10-16)11-17-13(3)4/h7-10,13-14,17H,5-6,11-12H2,1-4H3. The van der Waals surface area contributed by atoms with E-state index in [1.807, 2.05) is 11.8 Å². The first kappa shape index (κ1) is 15.6. The highest BCUT2D eigenvalue weighted by Crippen LogP contribution is 2.23. The Bertz CT molecular complexity index is 314. The molecule has 0 amide bonds. The Labute approximate surface area is 117 Å². The summed E-state index contributed by atoms with van der Waals surface area (Å²) in [5.41, 5.74) is 1.37. The Morgan fingerprint density at radius 1 is 1.06 bits per heavy atom. The van der Waals surface area contributed by atoms with Crippen LogP contribution in [0.1, 0.15) is 46.1 Å². The van der Waals surface area contributed by atoms with E-state index < -0.39 is 0 Å². The van der Waals surface area contributed by atoms with Crippen LogP contribution < -0.4 is 5.32 Å². The molecule has 0 unspecified atom stereocenters. The van der Waals surface area contributed by atoms with Gasteiger partial charge >= 0.3 is 0 Å². The van der Waals surface area contributed by atoms with Gasteiger partial charge in [0.05, 0.1) is 0 Å². The molecule has 2 heteroatoms. The quantitative estimate of drug-likeness (QED) is 0.683.